The molecule has 0 radical (unpaired) electrons. The van der Waals surface area contributed by atoms with E-state index in [4.69, 9.17) is 19.2 Å². The summed E-state index contributed by atoms with van der Waals surface area (Å²) in [4.78, 5) is 39.9. The Morgan fingerprint density at radius 3 is 2.45 bits per heavy atom. The summed E-state index contributed by atoms with van der Waals surface area (Å²) in [5.74, 6) is 0.687. The van der Waals surface area contributed by atoms with E-state index in [1.807, 2.05) is 0 Å². The maximum atomic E-state index is 13.8. The molecule has 12 nitrogen and oxygen atoms in total. The number of H-pyrrole nitrogens is 1. The summed E-state index contributed by atoms with van der Waals surface area (Å²) in [6.07, 6.45) is 4.18. The third-order valence-electron chi connectivity index (χ3n) is 9.23. The molecule has 15 heteroatoms. The number of piperidine rings is 1. The number of fused-ring (bicyclic) bond motifs is 1. The number of halogens is 3. The predicted molar refractivity (Wildman–Crippen MR) is 177 cm³/mol. The highest BCUT2D eigenvalue weighted by Crippen LogP contribution is 2.40. The first-order valence-electron chi connectivity index (χ1n) is 16.7. The van der Waals surface area contributed by atoms with Gasteiger partial charge in [-0.25, -0.2) is 24.9 Å². The van der Waals surface area contributed by atoms with Crippen LogP contribution < -0.4 is 15.0 Å². The molecule has 0 amide bonds. The molecule has 1 aliphatic carbocycles. The SMILES string of the molecule is CCOC(=O)C1CCN(c2cnc(-c3nc4nc(-c5cc(OCC)nc(C(F)(F)F)c5)cc(NCC5(COC)CCCC5)c4[nH]3)cn2)CC1. The van der Waals surface area contributed by atoms with Gasteiger partial charge in [-0.1, -0.05) is 12.8 Å². The summed E-state index contributed by atoms with van der Waals surface area (Å²) in [5.41, 5.74) is 1.34. The van der Waals surface area contributed by atoms with Gasteiger partial charge >= 0.3 is 12.1 Å². The van der Waals surface area contributed by atoms with Gasteiger partial charge in [-0.15, -0.1) is 0 Å². The second-order valence-corrected chi connectivity index (χ2v) is 12.6. The zero-order valence-electron chi connectivity index (χ0n) is 27.9. The smallest absolute Gasteiger partial charge is 0.433 e. The highest BCUT2D eigenvalue weighted by Gasteiger charge is 2.35. The molecule has 0 unspecified atom stereocenters. The van der Waals surface area contributed by atoms with E-state index in [2.05, 4.69) is 35.1 Å². The summed E-state index contributed by atoms with van der Waals surface area (Å²) >= 11 is 0. The Kier molecular flexibility index (Phi) is 10.2. The molecule has 1 saturated carbocycles. The van der Waals surface area contributed by atoms with Crippen LogP contribution in [0.4, 0.5) is 24.7 Å². The van der Waals surface area contributed by atoms with Crippen molar-refractivity contribution < 1.29 is 32.2 Å². The van der Waals surface area contributed by atoms with E-state index in [-0.39, 0.29) is 41.0 Å². The Hall–Kier alpha value is -4.53. The predicted octanol–water partition coefficient (Wildman–Crippen LogP) is 6.29. The lowest BCUT2D eigenvalue weighted by Crippen LogP contribution is -2.37. The number of alkyl halides is 3. The van der Waals surface area contributed by atoms with Gasteiger partial charge in [0.15, 0.2) is 11.5 Å². The number of nitrogens with one attached hydrogen (secondary N) is 2. The third kappa shape index (κ3) is 7.71. The highest BCUT2D eigenvalue weighted by atomic mass is 19.4. The van der Waals surface area contributed by atoms with Crippen molar-refractivity contribution >= 4 is 28.6 Å². The number of ether oxygens (including phenoxy) is 3. The number of aromatic nitrogens is 6. The quantitative estimate of drug-likeness (QED) is 0.163. The minimum Gasteiger partial charge on any atom is -0.478 e. The van der Waals surface area contributed by atoms with Gasteiger partial charge in [-0.05, 0) is 51.7 Å². The molecule has 0 atom stereocenters. The molecule has 49 heavy (non-hydrogen) atoms. The van der Waals surface area contributed by atoms with Crippen LogP contribution in [0, 0.1) is 11.3 Å². The van der Waals surface area contributed by atoms with Crippen LogP contribution >= 0.6 is 0 Å². The maximum Gasteiger partial charge on any atom is 0.433 e. The van der Waals surface area contributed by atoms with Gasteiger partial charge in [0.1, 0.15) is 22.7 Å². The zero-order valence-corrected chi connectivity index (χ0v) is 27.9. The van der Waals surface area contributed by atoms with E-state index >= 15 is 0 Å². The van der Waals surface area contributed by atoms with E-state index in [1.54, 1.807) is 39.4 Å². The number of hydrogen-bond acceptors (Lipinski definition) is 11. The van der Waals surface area contributed by atoms with Crippen molar-refractivity contribution in [1.82, 2.24) is 29.9 Å². The van der Waals surface area contributed by atoms with Gasteiger partial charge in [0.05, 0.1) is 49.5 Å². The molecule has 0 spiro atoms. The van der Waals surface area contributed by atoms with Crippen LogP contribution in [0.3, 0.4) is 0 Å². The molecule has 4 aromatic rings. The summed E-state index contributed by atoms with van der Waals surface area (Å²) < 4.78 is 57.7. The van der Waals surface area contributed by atoms with Crippen LogP contribution in [-0.4, -0.2) is 82.4 Å². The first-order valence-corrected chi connectivity index (χ1v) is 16.7. The van der Waals surface area contributed by atoms with E-state index < -0.39 is 11.9 Å². The molecule has 262 valence electrons. The fourth-order valence-corrected chi connectivity index (χ4v) is 6.71. The van der Waals surface area contributed by atoms with Crippen molar-refractivity contribution in [3.63, 3.8) is 0 Å². The first-order chi connectivity index (χ1) is 23.6. The van der Waals surface area contributed by atoms with Gasteiger partial charge < -0.3 is 29.4 Å². The summed E-state index contributed by atoms with van der Waals surface area (Å²) in [5, 5.41) is 3.55. The van der Waals surface area contributed by atoms with Crippen molar-refractivity contribution in [2.24, 2.45) is 11.3 Å². The summed E-state index contributed by atoms with van der Waals surface area (Å²) in [7, 11) is 1.69. The van der Waals surface area contributed by atoms with Crippen molar-refractivity contribution in [2.45, 2.75) is 58.5 Å². The standard InChI is InChI=1S/C34H41F3N8O4/c1-4-48-28-15-22(14-26(42-28)34(35,36)37)23-16-24(40-19-33(20-47-3)10-6-7-11-33)29-31(41-23)44-30(43-29)25-17-39-27(18-38-25)45-12-8-21(9-13-45)32(46)49-5-2/h14-18,21H,4-13,19-20H2,1-3H3,(H2,40,41,43,44). The van der Waals surface area contributed by atoms with Crippen molar-refractivity contribution in [1.29, 1.82) is 0 Å². The zero-order chi connectivity index (χ0) is 34.6. The lowest BCUT2D eigenvalue weighted by Gasteiger charge is -2.31. The normalized spacial score (nSPS) is 16.7. The van der Waals surface area contributed by atoms with Gasteiger partial charge in [-0.2, -0.15) is 13.2 Å². The molecule has 6 rings (SSSR count). The minimum atomic E-state index is -4.68. The molecular weight excluding hydrogens is 641 g/mol. The molecule has 0 aromatic carbocycles. The monoisotopic (exact) mass is 682 g/mol. The molecular formula is C34H41F3N8O4. The number of rotatable bonds is 12. The van der Waals surface area contributed by atoms with E-state index in [1.165, 1.54) is 6.07 Å². The molecule has 1 aliphatic heterocycles. The Bertz CT molecular complexity index is 1750. The Morgan fingerprint density at radius 1 is 1.02 bits per heavy atom. The highest BCUT2D eigenvalue weighted by molar-refractivity contribution is 5.90. The van der Waals surface area contributed by atoms with E-state index in [0.29, 0.717) is 79.9 Å². The van der Waals surface area contributed by atoms with Crippen molar-refractivity contribution in [2.75, 3.05) is 56.8 Å². The Morgan fingerprint density at radius 2 is 1.80 bits per heavy atom. The van der Waals surface area contributed by atoms with E-state index in [9.17, 15) is 18.0 Å². The first kappa shape index (κ1) is 34.3. The van der Waals surface area contributed by atoms with Crippen LogP contribution in [0.2, 0.25) is 0 Å². The Balaban J connectivity index is 1.33. The third-order valence-corrected chi connectivity index (χ3v) is 9.23. The fourth-order valence-electron chi connectivity index (χ4n) is 6.71. The molecule has 2 fully saturated rings. The van der Waals surface area contributed by atoms with Crippen LogP contribution in [0.1, 0.15) is 58.1 Å². The number of anilines is 2. The lowest BCUT2D eigenvalue weighted by molar-refractivity contribution is -0.148. The number of pyridine rings is 2. The van der Waals surface area contributed by atoms with Gasteiger partial charge in [0, 0.05) is 43.8 Å². The number of methoxy groups -OCH3 is 1. The topological polar surface area (TPSA) is 140 Å². The maximum absolute atomic E-state index is 13.8. The number of aromatic amines is 1. The molecule has 0 bridgehead atoms. The average molecular weight is 683 g/mol. The van der Waals surface area contributed by atoms with E-state index in [0.717, 1.165) is 31.7 Å². The largest absolute Gasteiger partial charge is 0.478 e. The summed E-state index contributed by atoms with van der Waals surface area (Å²) in [6.45, 7) is 6.52. The summed E-state index contributed by atoms with van der Waals surface area (Å²) in [6, 6.07) is 4.14. The molecule has 2 N–H and O–H groups in total. The second kappa shape index (κ2) is 14.5. The number of hydrogen-bond donors (Lipinski definition) is 2. The average Bonchev–Trinajstić information content (AvgIpc) is 3.75. The van der Waals surface area contributed by atoms with Gasteiger partial charge in [0.2, 0.25) is 5.88 Å². The van der Waals surface area contributed by atoms with Crippen LogP contribution in [0.25, 0.3) is 33.9 Å². The van der Waals surface area contributed by atoms with Crippen molar-refractivity contribution in [3.8, 4) is 28.7 Å². The van der Waals surface area contributed by atoms with Crippen LogP contribution in [0.5, 0.6) is 5.88 Å². The number of nitrogens with zero attached hydrogens (tertiary/aromatic N) is 6. The second-order valence-electron chi connectivity index (χ2n) is 12.6. The van der Waals surface area contributed by atoms with Crippen LogP contribution in [-0.2, 0) is 20.4 Å². The molecule has 5 heterocycles. The Labute approximate surface area is 282 Å². The van der Waals surface area contributed by atoms with Gasteiger partial charge in [0.25, 0.3) is 0 Å². The van der Waals surface area contributed by atoms with Gasteiger partial charge in [-0.3, -0.25) is 4.79 Å². The number of carbonyl (C=O) groups is 1. The molecule has 1 saturated heterocycles. The van der Waals surface area contributed by atoms with Crippen molar-refractivity contribution in [3.05, 3.63) is 36.3 Å². The minimum absolute atomic E-state index is 0.0678. The molecule has 4 aromatic heterocycles. The fraction of sp³-hybridized carbons (Fsp3) is 0.529. The number of carbonyl (C=O) groups excluding carboxylic acids is 1. The molecule has 2 aliphatic rings. The number of esters is 1. The number of imidazole rings is 1. The lowest BCUT2D eigenvalue weighted by atomic mass is 9.87. The van der Waals surface area contributed by atoms with Crippen LogP contribution in [0.15, 0.2) is 30.6 Å².